The van der Waals surface area contributed by atoms with E-state index in [9.17, 15) is 8.42 Å². The van der Waals surface area contributed by atoms with Crippen LogP contribution in [0.4, 0.5) is 5.69 Å². The third kappa shape index (κ3) is 5.19. The molecule has 2 aliphatic rings. The number of hydrogen-bond acceptors (Lipinski definition) is 3. The van der Waals surface area contributed by atoms with Crippen LogP contribution in [0.2, 0.25) is 0 Å². The van der Waals surface area contributed by atoms with E-state index in [-0.39, 0.29) is 12.0 Å². The average Bonchev–Trinajstić information content (AvgIpc) is 3.00. The van der Waals surface area contributed by atoms with E-state index < -0.39 is 10.0 Å². The van der Waals surface area contributed by atoms with Crippen LogP contribution >= 0.6 is 0 Å². The highest BCUT2D eigenvalue weighted by molar-refractivity contribution is 7.88. The quantitative estimate of drug-likeness (QED) is 0.550. The molecule has 0 heterocycles. The van der Waals surface area contributed by atoms with Gasteiger partial charge in [-0.2, -0.15) is 0 Å². The van der Waals surface area contributed by atoms with Gasteiger partial charge in [-0.05, 0) is 61.3 Å². The zero-order valence-corrected chi connectivity index (χ0v) is 15.6. The SMILES string of the molecule is CS(=O)(=O)NC1CCCCC1CN=C(N)Nc1ccc2c(c1)CCC2. The fourth-order valence-electron chi connectivity index (χ4n) is 3.91. The van der Waals surface area contributed by atoms with Crippen molar-refractivity contribution in [2.24, 2.45) is 16.6 Å². The highest BCUT2D eigenvalue weighted by Crippen LogP contribution is 2.26. The molecule has 2 aliphatic carbocycles. The van der Waals surface area contributed by atoms with Crippen LogP contribution in [-0.2, 0) is 22.9 Å². The van der Waals surface area contributed by atoms with Crippen LogP contribution in [0.3, 0.4) is 0 Å². The molecule has 0 radical (unpaired) electrons. The van der Waals surface area contributed by atoms with Crippen LogP contribution < -0.4 is 15.8 Å². The Kier molecular flexibility index (Phi) is 5.64. The number of aliphatic imine (C=N–C) groups is 1. The van der Waals surface area contributed by atoms with Gasteiger partial charge in [0.2, 0.25) is 10.0 Å². The molecule has 25 heavy (non-hydrogen) atoms. The molecule has 7 heteroatoms. The maximum absolute atomic E-state index is 11.5. The van der Waals surface area contributed by atoms with Gasteiger partial charge in [0.1, 0.15) is 0 Å². The second-order valence-electron chi connectivity index (χ2n) is 7.23. The molecule has 1 aromatic carbocycles. The van der Waals surface area contributed by atoms with Crippen molar-refractivity contribution in [2.45, 2.75) is 51.0 Å². The predicted octanol–water partition coefficient (Wildman–Crippen LogP) is 2.01. The van der Waals surface area contributed by atoms with Gasteiger partial charge in [0.05, 0.1) is 6.26 Å². The predicted molar refractivity (Wildman–Crippen MR) is 102 cm³/mol. The van der Waals surface area contributed by atoms with Gasteiger partial charge < -0.3 is 11.1 Å². The molecule has 2 unspecified atom stereocenters. The van der Waals surface area contributed by atoms with Crippen LogP contribution in [0.1, 0.15) is 43.2 Å². The highest BCUT2D eigenvalue weighted by Gasteiger charge is 2.27. The number of rotatable bonds is 5. The average molecular weight is 365 g/mol. The van der Waals surface area contributed by atoms with Gasteiger partial charge in [-0.1, -0.05) is 18.9 Å². The van der Waals surface area contributed by atoms with Crippen LogP contribution in [-0.4, -0.2) is 33.2 Å². The molecular weight excluding hydrogens is 336 g/mol. The summed E-state index contributed by atoms with van der Waals surface area (Å²) in [6, 6.07) is 6.31. The summed E-state index contributed by atoms with van der Waals surface area (Å²) in [4.78, 5) is 4.47. The second-order valence-corrected chi connectivity index (χ2v) is 9.01. The third-order valence-electron chi connectivity index (χ3n) is 5.14. The molecule has 0 amide bonds. The lowest BCUT2D eigenvalue weighted by Gasteiger charge is -2.30. The van der Waals surface area contributed by atoms with Crippen LogP contribution in [0.15, 0.2) is 23.2 Å². The number of aryl methyl sites for hydroxylation is 2. The van der Waals surface area contributed by atoms with Crippen LogP contribution in [0.5, 0.6) is 0 Å². The van der Waals surface area contributed by atoms with Gasteiger partial charge >= 0.3 is 0 Å². The molecule has 0 spiro atoms. The lowest BCUT2D eigenvalue weighted by atomic mass is 9.85. The number of guanidine groups is 1. The van der Waals surface area contributed by atoms with E-state index in [1.807, 2.05) is 6.07 Å². The Labute approximate surface area is 150 Å². The van der Waals surface area contributed by atoms with Crippen LogP contribution in [0.25, 0.3) is 0 Å². The number of anilines is 1. The molecule has 0 saturated heterocycles. The van der Waals surface area contributed by atoms with Gasteiger partial charge in [-0.15, -0.1) is 0 Å². The lowest BCUT2D eigenvalue weighted by molar-refractivity contribution is 0.297. The minimum atomic E-state index is -3.19. The molecule has 2 atom stereocenters. The van der Waals surface area contributed by atoms with Crippen molar-refractivity contribution < 1.29 is 8.42 Å². The number of nitrogens with one attached hydrogen (secondary N) is 2. The Balaban J connectivity index is 1.59. The first kappa shape index (κ1) is 18.2. The molecule has 0 bridgehead atoms. The summed E-state index contributed by atoms with van der Waals surface area (Å²) in [5.74, 6) is 0.588. The molecule has 1 aromatic rings. The van der Waals surface area contributed by atoms with E-state index in [2.05, 4.69) is 27.2 Å². The summed E-state index contributed by atoms with van der Waals surface area (Å²) in [5.41, 5.74) is 9.83. The summed E-state index contributed by atoms with van der Waals surface area (Å²) in [6.07, 6.45) is 8.73. The fraction of sp³-hybridized carbons (Fsp3) is 0.611. The molecule has 4 N–H and O–H groups in total. The van der Waals surface area contributed by atoms with Gasteiger partial charge in [0.15, 0.2) is 5.96 Å². The van der Waals surface area contributed by atoms with Crippen molar-refractivity contribution in [3.05, 3.63) is 29.3 Å². The summed E-state index contributed by atoms with van der Waals surface area (Å²) >= 11 is 0. The van der Waals surface area contributed by atoms with Crippen LogP contribution in [0, 0.1) is 5.92 Å². The Morgan fingerprint density at radius 3 is 2.76 bits per heavy atom. The topological polar surface area (TPSA) is 96.6 Å². The second kappa shape index (κ2) is 7.74. The molecule has 0 aliphatic heterocycles. The standard InChI is InChI=1S/C18H28N4O2S/c1-25(23,24)22-17-8-3-2-5-15(17)12-20-18(19)21-16-10-9-13-6-4-7-14(13)11-16/h9-11,15,17,22H,2-8,12H2,1H3,(H3,19,20,21). The number of sulfonamides is 1. The molecule has 6 nitrogen and oxygen atoms in total. The van der Waals surface area contributed by atoms with E-state index in [0.717, 1.165) is 44.2 Å². The first-order valence-corrected chi connectivity index (χ1v) is 11.0. The summed E-state index contributed by atoms with van der Waals surface area (Å²) in [5, 5.41) is 3.16. The molecule has 1 fully saturated rings. The van der Waals surface area contributed by atoms with Crippen molar-refractivity contribution in [1.82, 2.24) is 4.72 Å². The number of hydrogen-bond donors (Lipinski definition) is 3. The van der Waals surface area contributed by atoms with E-state index >= 15 is 0 Å². The number of nitrogens with two attached hydrogens (primary N) is 1. The maximum atomic E-state index is 11.5. The first-order valence-electron chi connectivity index (χ1n) is 9.07. The summed E-state index contributed by atoms with van der Waals surface area (Å²) < 4.78 is 25.8. The molecular formula is C18H28N4O2S. The minimum absolute atomic E-state index is 0.0414. The fourth-order valence-corrected chi connectivity index (χ4v) is 4.77. The molecule has 1 saturated carbocycles. The lowest BCUT2D eigenvalue weighted by Crippen LogP contribution is -2.43. The smallest absolute Gasteiger partial charge is 0.208 e. The van der Waals surface area contributed by atoms with Crippen molar-refractivity contribution in [1.29, 1.82) is 0 Å². The number of benzene rings is 1. The van der Waals surface area contributed by atoms with Crippen molar-refractivity contribution in [3.8, 4) is 0 Å². The zero-order valence-electron chi connectivity index (χ0n) is 14.8. The molecule has 0 aromatic heterocycles. The Hall–Kier alpha value is -1.60. The van der Waals surface area contributed by atoms with Crippen molar-refractivity contribution >= 4 is 21.7 Å². The third-order valence-corrected chi connectivity index (χ3v) is 5.87. The minimum Gasteiger partial charge on any atom is -0.370 e. The monoisotopic (exact) mass is 364 g/mol. The highest BCUT2D eigenvalue weighted by atomic mass is 32.2. The van der Waals surface area contributed by atoms with Crippen molar-refractivity contribution in [3.63, 3.8) is 0 Å². The Bertz CT molecular complexity index is 745. The van der Waals surface area contributed by atoms with Gasteiger partial charge in [0, 0.05) is 18.3 Å². The maximum Gasteiger partial charge on any atom is 0.208 e. The van der Waals surface area contributed by atoms with E-state index in [1.165, 1.54) is 23.8 Å². The summed E-state index contributed by atoms with van der Waals surface area (Å²) in [6.45, 7) is 0.539. The summed E-state index contributed by atoms with van der Waals surface area (Å²) in [7, 11) is -3.19. The Morgan fingerprint density at radius 1 is 1.20 bits per heavy atom. The first-order chi connectivity index (χ1) is 11.9. The van der Waals surface area contributed by atoms with E-state index in [1.54, 1.807) is 0 Å². The number of nitrogens with zero attached hydrogens (tertiary/aromatic N) is 1. The largest absolute Gasteiger partial charge is 0.370 e. The van der Waals surface area contributed by atoms with Gasteiger partial charge in [-0.3, -0.25) is 4.99 Å². The molecule has 3 rings (SSSR count). The van der Waals surface area contributed by atoms with Gasteiger partial charge in [-0.25, -0.2) is 13.1 Å². The van der Waals surface area contributed by atoms with E-state index in [0.29, 0.717) is 12.5 Å². The zero-order chi connectivity index (χ0) is 17.9. The molecule has 138 valence electrons. The normalized spacial score (nSPS) is 24.1. The van der Waals surface area contributed by atoms with Gasteiger partial charge in [0.25, 0.3) is 0 Å². The Morgan fingerprint density at radius 2 is 1.96 bits per heavy atom. The van der Waals surface area contributed by atoms with Crippen molar-refractivity contribution in [2.75, 3.05) is 18.1 Å². The number of fused-ring (bicyclic) bond motifs is 1. The van der Waals surface area contributed by atoms with E-state index in [4.69, 9.17) is 5.73 Å².